The second-order valence-electron chi connectivity index (χ2n) is 6.01. The number of benzene rings is 1. The molecule has 5 nitrogen and oxygen atoms in total. The van der Waals surface area contributed by atoms with Gasteiger partial charge in [-0.1, -0.05) is 13.8 Å². The molecule has 0 atom stereocenters. The van der Waals surface area contributed by atoms with Crippen molar-refractivity contribution >= 4 is 33.5 Å². The lowest BCUT2D eigenvalue weighted by Gasteiger charge is -2.10. The molecule has 0 saturated carbocycles. The summed E-state index contributed by atoms with van der Waals surface area (Å²) in [6.07, 6.45) is 5.90. The molecule has 0 aliphatic rings. The predicted molar refractivity (Wildman–Crippen MR) is 96.7 cm³/mol. The van der Waals surface area contributed by atoms with Crippen molar-refractivity contribution in [2.45, 2.75) is 32.6 Å². The standard InChI is InChI=1S/C19H20N4O/c1-3-12(4-2)16-11-24-17-10-13(7-8-14(16)17)21-19-15-6-5-9-20-18(15)22-23-19/h5-12H,3-4H2,1-2H3,(H2,20,21,22,23). The van der Waals surface area contributed by atoms with Crippen molar-refractivity contribution in [2.75, 3.05) is 5.32 Å². The first-order chi connectivity index (χ1) is 11.8. The molecular weight excluding hydrogens is 300 g/mol. The molecule has 122 valence electrons. The number of H-pyrrole nitrogens is 1. The van der Waals surface area contributed by atoms with Crippen LogP contribution in [0.25, 0.3) is 22.0 Å². The fourth-order valence-electron chi connectivity index (χ4n) is 3.26. The van der Waals surface area contributed by atoms with Crippen LogP contribution in [0.4, 0.5) is 11.5 Å². The molecule has 0 saturated heterocycles. The van der Waals surface area contributed by atoms with E-state index in [1.54, 1.807) is 6.20 Å². The zero-order chi connectivity index (χ0) is 16.5. The maximum Gasteiger partial charge on any atom is 0.161 e. The molecular formula is C19H20N4O. The van der Waals surface area contributed by atoms with Crippen LogP contribution in [0.1, 0.15) is 38.2 Å². The van der Waals surface area contributed by atoms with Crippen LogP contribution in [0, 0.1) is 0 Å². The Morgan fingerprint density at radius 2 is 2.04 bits per heavy atom. The molecule has 0 spiro atoms. The van der Waals surface area contributed by atoms with E-state index in [4.69, 9.17) is 4.42 Å². The smallest absolute Gasteiger partial charge is 0.161 e. The van der Waals surface area contributed by atoms with E-state index in [-0.39, 0.29) is 0 Å². The number of hydrogen-bond donors (Lipinski definition) is 2. The molecule has 4 rings (SSSR count). The number of nitrogens with one attached hydrogen (secondary N) is 2. The van der Waals surface area contributed by atoms with Gasteiger partial charge in [0.2, 0.25) is 0 Å². The van der Waals surface area contributed by atoms with E-state index in [0.29, 0.717) is 5.92 Å². The molecule has 0 aliphatic heterocycles. The summed E-state index contributed by atoms with van der Waals surface area (Å²) >= 11 is 0. The van der Waals surface area contributed by atoms with Crippen LogP contribution >= 0.6 is 0 Å². The number of anilines is 2. The van der Waals surface area contributed by atoms with Gasteiger partial charge in [-0.3, -0.25) is 5.10 Å². The number of fused-ring (bicyclic) bond motifs is 2. The third-order valence-corrected chi connectivity index (χ3v) is 4.63. The number of hydrogen-bond acceptors (Lipinski definition) is 4. The van der Waals surface area contributed by atoms with Gasteiger partial charge in [-0.15, -0.1) is 0 Å². The topological polar surface area (TPSA) is 66.7 Å². The van der Waals surface area contributed by atoms with Crippen molar-refractivity contribution in [1.82, 2.24) is 15.2 Å². The summed E-state index contributed by atoms with van der Waals surface area (Å²) in [5.41, 5.74) is 3.93. The van der Waals surface area contributed by atoms with Gasteiger partial charge in [0, 0.05) is 28.9 Å². The van der Waals surface area contributed by atoms with Gasteiger partial charge in [0.05, 0.1) is 11.6 Å². The summed E-state index contributed by atoms with van der Waals surface area (Å²) in [6.45, 7) is 4.44. The molecule has 2 N–H and O–H groups in total. The van der Waals surface area contributed by atoms with Gasteiger partial charge in [-0.2, -0.15) is 5.10 Å². The van der Waals surface area contributed by atoms with E-state index >= 15 is 0 Å². The number of nitrogens with zero attached hydrogens (tertiary/aromatic N) is 2. The zero-order valence-corrected chi connectivity index (χ0v) is 13.8. The molecule has 0 bridgehead atoms. The summed E-state index contributed by atoms with van der Waals surface area (Å²) in [4.78, 5) is 4.26. The lowest BCUT2D eigenvalue weighted by Crippen LogP contribution is -1.94. The van der Waals surface area contributed by atoms with Crippen LogP contribution in [0.3, 0.4) is 0 Å². The summed E-state index contributed by atoms with van der Waals surface area (Å²) in [7, 11) is 0. The van der Waals surface area contributed by atoms with Gasteiger partial charge in [-0.25, -0.2) is 4.98 Å². The highest BCUT2D eigenvalue weighted by atomic mass is 16.3. The maximum absolute atomic E-state index is 5.80. The first-order valence-corrected chi connectivity index (χ1v) is 8.37. The molecule has 24 heavy (non-hydrogen) atoms. The van der Waals surface area contributed by atoms with E-state index in [0.717, 1.165) is 41.0 Å². The van der Waals surface area contributed by atoms with Crippen LogP contribution in [0.5, 0.6) is 0 Å². The van der Waals surface area contributed by atoms with E-state index in [1.165, 1.54) is 10.9 Å². The summed E-state index contributed by atoms with van der Waals surface area (Å²) in [5.74, 6) is 1.32. The number of pyridine rings is 1. The van der Waals surface area contributed by atoms with Crippen molar-refractivity contribution in [2.24, 2.45) is 0 Å². The Bertz CT molecular complexity index is 981. The van der Waals surface area contributed by atoms with Crippen molar-refractivity contribution in [3.8, 4) is 0 Å². The van der Waals surface area contributed by atoms with E-state index in [9.17, 15) is 0 Å². The van der Waals surface area contributed by atoms with Gasteiger partial charge in [-0.05, 0) is 43.0 Å². The minimum atomic E-state index is 0.548. The first-order valence-electron chi connectivity index (χ1n) is 8.37. The molecule has 1 aromatic carbocycles. The van der Waals surface area contributed by atoms with Crippen molar-refractivity contribution in [1.29, 1.82) is 0 Å². The normalized spacial score (nSPS) is 11.6. The minimum Gasteiger partial charge on any atom is -0.464 e. The molecule has 3 heterocycles. The van der Waals surface area contributed by atoms with Crippen LogP contribution < -0.4 is 5.32 Å². The lowest BCUT2D eigenvalue weighted by atomic mass is 9.94. The van der Waals surface area contributed by atoms with Gasteiger partial charge >= 0.3 is 0 Å². The second kappa shape index (κ2) is 6.00. The number of aromatic amines is 1. The highest BCUT2D eigenvalue weighted by molar-refractivity contribution is 5.91. The Kier molecular flexibility index (Phi) is 3.69. The average Bonchev–Trinajstić information content (AvgIpc) is 3.21. The fraction of sp³-hybridized carbons (Fsp3) is 0.263. The molecule has 3 aromatic heterocycles. The number of rotatable bonds is 5. The summed E-state index contributed by atoms with van der Waals surface area (Å²) in [6, 6.07) is 10.1. The molecule has 0 aliphatic carbocycles. The summed E-state index contributed by atoms with van der Waals surface area (Å²) < 4.78 is 5.80. The SMILES string of the molecule is CCC(CC)c1coc2cc(Nc3n[nH]c4ncccc34)ccc12. The van der Waals surface area contributed by atoms with Crippen molar-refractivity contribution < 1.29 is 4.42 Å². The third kappa shape index (κ3) is 2.42. The fourth-order valence-corrected chi connectivity index (χ4v) is 3.26. The summed E-state index contributed by atoms with van der Waals surface area (Å²) in [5, 5.41) is 12.7. The Hall–Kier alpha value is -2.82. The Morgan fingerprint density at radius 1 is 1.17 bits per heavy atom. The lowest BCUT2D eigenvalue weighted by molar-refractivity contribution is 0.585. The Balaban J connectivity index is 1.68. The average molecular weight is 320 g/mol. The van der Waals surface area contributed by atoms with Gasteiger partial charge in [0.25, 0.3) is 0 Å². The number of aromatic nitrogens is 3. The second-order valence-corrected chi connectivity index (χ2v) is 6.01. The first kappa shape index (κ1) is 14.8. The zero-order valence-electron chi connectivity index (χ0n) is 13.8. The quantitative estimate of drug-likeness (QED) is 0.520. The molecule has 0 radical (unpaired) electrons. The maximum atomic E-state index is 5.80. The van der Waals surface area contributed by atoms with Crippen molar-refractivity contribution in [3.05, 3.63) is 48.4 Å². The van der Waals surface area contributed by atoms with Crippen LogP contribution in [0.15, 0.2) is 47.2 Å². The molecule has 0 fully saturated rings. The third-order valence-electron chi connectivity index (χ3n) is 4.63. The largest absolute Gasteiger partial charge is 0.464 e. The number of furan rings is 1. The highest BCUT2D eigenvalue weighted by Gasteiger charge is 2.14. The van der Waals surface area contributed by atoms with E-state index in [2.05, 4.69) is 46.5 Å². The van der Waals surface area contributed by atoms with Gasteiger partial charge < -0.3 is 9.73 Å². The van der Waals surface area contributed by atoms with Crippen LogP contribution in [-0.4, -0.2) is 15.2 Å². The van der Waals surface area contributed by atoms with Crippen LogP contribution in [-0.2, 0) is 0 Å². The Labute approximate surface area is 140 Å². The van der Waals surface area contributed by atoms with Crippen LogP contribution in [0.2, 0.25) is 0 Å². The minimum absolute atomic E-state index is 0.548. The predicted octanol–water partition coefficient (Wildman–Crippen LogP) is 5.35. The molecule has 5 heteroatoms. The highest BCUT2D eigenvalue weighted by Crippen LogP contribution is 2.33. The molecule has 0 unspecified atom stereocenters. The van der Waals surface area contributed by atoms with Gasteiger partial charge in [0.1, 0.15) is 5.58 Å². The van der Waals surface area contributed by atoms with E-state index in [1.807, 2.05) is 24.5 Å². The van der Waals surface area contributed by atoms with E-state index < -0.39 is 0 Å². The molecule has 0 amide bonds. The molecule has 4 aromatic rings. The Morgan fingerprint density at radius 3 is 2.88 bits per heavy atom. The van der Waals surface area contributed by atoms with Crippen molar-refractivity contribution in [3.63, 3.8) is 0 Å². The monoisotopic (exact) mass is 320 g/mol. The van der Waals surface area contributed by atoms with Gasteiger partial charge in [0.15, 0.2) is 11.5 Å².